The summed E-state index contributed by atoms with van der Waals surface area (Å²) in [6, 6.07) is 23.3. The monoisotopic (exact) mass is 453 g/mol. The molecular formula is C21H16BrN3O2S. The SMILES string of the molecule is Cc1nc2ccccc2n1/C(=N/S(=O)(=O)c1ccc(Br)cc1)c1ccccc1. The normalized spacial score (nSPS) is 12.4. The molecule has 3 aromatic carbocycles. The van der Waals surface area contributed by atoms with E-state index in [0.29, 0.717) is 17.2 Å². The summed E-state index contributed by atoms with van der Waals surface area (Å²) in [5.41, 5.74) is 2.27. The molecule has 5 nitrogen and oxygen atoms in total. The van der Waals surface area contributed by atoms with Crippen molar-refractivity contribution in [3.8, 4) is 0 Å². The second kappa shape index (κ2) is 7.33. The van der Waals surface area contributed by atoms with E-state index in [2.05, 4.69) is 25.3 Å². The number of para-hydroxylation sites is 2. The molecule has 0 saturated carbocycles. The van der Waals surface area contributed by atoms with Crippen molar-refractivity contribution in [2.45, 2.75) is 11.8 Å². The van der Waals surface area contributed by atoms with Gasteiger partial charge in [0.15, 0.2) is 5.84 Å². The zero-order valence-electron chi connectivity index (χ0n) is 14.9. The third-order valence-corrected chi connectivity index (χ3v) is 6.10. The van der Waals surface area contributed by atoms with Crippen LogP contribution in [0.4, 0.5) is 0 Å². The van der Waals surface area contributed by atoms with E-state index in [9.17, 15) is 8.42 Å². The highest BCUT2D eigenvalue weighted by Gasteiger charge is 2.20. The van der Waals surface area contributed by atoms with Gasteiger partial charge in [0.05, 0.1) is 15.9 Å². The van der Waals surface area contributed by atoms with Crippen LogP contribution in [0, 0.1) is 6.92 Å². The van der Waals surface area contributed by atoms with Gasteiger partial charge in [0.2, 0.25) is 0 Å². The summed E-state index contributed by atoms with van der Waals surface area (Å²) in [5, 5.41) is 0. The van der Waals surface area contributed by atoms with Crippen molar-refractivity contribution in [3.05, 3.63) is 94.7 Å². The van der Waals surface area contributed by atoms with Gasteiger partial charge in [-0.05, 0) is 43.3 Å². The minimum atomic E-state index is -3.92. The molecule has 0 saturated heterocycles. The van der Waals surface area contributed by atoms with Crippen LogP contribution >= 0.6 is 15.9 Å². The van der Waals surface area contributed by atoms with Gasteiger partial charge in [0, 0.05) is 10.0 Å². The molecule has 0 radical (unpaired) electrons. The van der Waals surface area contributed by atoms with Crippen LogP contribution in [-0.4, -0.2) is 23.8 Å². The smallest absolute Gasteiger partial charge is 0.279 e. The number of nitrogens with zero attached hydrogens (tertiary/aromatic N) is 3. The first-order valence-corrected chi connectivity index (χ1v) is 10.8. The minimum absolute atomic E-state index is 0.131. The number of imidazole rings is 1. The van der Waals surface area contributed by atoms with Crippen molar-refractivity contribution < 1.29 is 8.42 Å². The maximum Gasteiger partial charge on any atom is 0.284 e. The second-order valence-corrected chi connectivity index (χ2v) is 8.71. The van der Waals surface area contributed by atoms with Crippen LogP contribution in [0.2, 0.25) is 0 Å². The summed E-state index contributed by atoms with van der Waals surface area (Å²) in [6.45, 7) is 1.84. The molecule has 0 fully saturated rings. The molecule has 1 heterocycles. The maximum absolute atomic E-state index is 13.0. The molecule has 28 heavy (non-hydrogen) atoms. The minimum Gasteiger partial charge on any atom is -0.279 e. The van der Waals surface area contributed by atoms with Gasteiger partial charge in [-0.3, -0.25) is 4.57 Å². The van der Waals surface area contributed by atoms with Crippen LogP contribution in [0.5, 0.6) is 0 Å². The van der Waals surface area contributed by atoms with E-state index in [1.807, 2.05) is 61.5 Å². The van der Waals surface area contributed by atoms with Gasteiger partial charge in [0.1, 0.15) is 5.82 Å². The third-order valence-electron chi connectivity index (χ3n) is 4.29. The predicted molar refractivity (Wildman–Crippen MR) is 114 cm³/mol. The molecule has 0 atom stereocenters. The molecule has 7 heteroatoms. The molecule has 0 aliphatic rings. The fourth-order valence-electron chi connectivity index (χ4n) is 3.00. The average molecular weight is 454 g/mol. The van der Waals surface area contributed by atoms with E-state index in [0.717, 1.165) is 15.5 Å². The molecule has 0 amide bonds. The lowest BCUT2D eigenvalue weighted by molar-refractivity contribution is 0.598. The number of aromatic nitrogens is 2. The number of aryl methyl sites for hydroxylation is 1. The Kier molecular flexibility index (Phi) is 4.87. The van der Waals surface area contributed by atoms with Crippen LogP contribution < -0.4 is 0 Å². The predicted octanol–water partition coefficient (Wildman–Crippen LogP) is 4.79. The fourth-order valence-corrected chi connectivity index (χ4v) is 4.26. The van der Waals surface area contributed by atoms with Crippen LogP contribution in [0.25, 0.3) is 11.0 Å². The number of benzene rings is 3. The van der Waals surface area contributed by atoms with E-state index in [4.69, 9.17) is 0 Å². The molecule has 1 aromatic heterocycles. The zero-order chi connectivity index (χ0) is 19.7. The summed E-state index contributed by atoms with van der Waals surface area (Å²) in [4.78, 5) is 4.69. The highest BCUT2D eigenvalue weighted by atomic mass is 79.9. The summed E-state index contributed by atoms with van der Waals surface area (Å²) in [6.07, 6.45) is 0. The Morgan fingerprint density at radius 2 is 1.57 bits per heavy atom. The Hall–Kier alpha value is -2.77. The molecule has 140 valence electrons. The standard InChI is InChI=1S/C21H16BrN3O2S/c1-15-23-19-9-5-6-10-20(19)25(15)21(16-7-3-2-4-8-16)24-28(26,27)18-13-11-17(22)12-14-18/h2-14H,1H3/b24-21+. The van der Waals surface area contributed by atoms with Crippen LogP contribution in [0.3, 0.4) is 0 Å². The molecule has 0 aliphatic heterocycles. The number of hydrogen-bond donors (Lipinski definition) is 0. The molecule has 4 rings (SSSR count). The first kappa shape index (κ1) is 18.6. The van der Waals surface area contributed by atoms with Gasteiger partial charge in [-0.1, -0.05) is 58.4 Å². The van der Waals surface area contributed by atoms with E-state index < -0.39 is 10.0 Å². The Bertz CT molecular complexity index is 1280. The molecule has 0 aliphatic carbocycles. The Labute approximate surface area is 171 Å². The molecule has 0 spiro atoms. The van der Waals surface area contributed by atoms with E-state index in [-0.39, 0.29) is 4.90 Å². The van der Waals surface area contributed by atoms with Crippen molar-refractivity contribution in [1.29, 1.82) is 0 Å². The quantitative estimate of drug-likeness (QED) is 0.330. The molecule has 0 unspecified atom stereocenters. The Morgan fingerprint density at radius 3 is 2.29 bits per heavy atom. The van der Waals surface area contributed by atoms with Crippen LogP contribution in [-0.2, 0) is 10.0 Å². The molecule has 0 N–H and O–H groups in total. The Morgan fingerprint density at radius 1 is 0.929 bits per heavy atom. The summed E-state index contributed by atoms with van der Waals surface area (Å²) in [5.74, 6) is 0.976. The highest BCUT2D eigenvalue weighted by molar-refractivity contribution is 9.10. The lowest BCUT2D eigenvalue weighted by Crippen LogP contribution is -2.17. The van der Waals surface area contributed by atoms with Gasteiger partial charge < -0.3 is 0 Å². The lowest BCUT2D eigenvalue weighted by Gasteiger charge is -2.11. The van der Waals surface area contributed by atoms with Crippen molar-refractivity contribution in [1.82, 2.24) is 9.55 Å². The molecular weight excluding hydrogens is 438 g/mol. The summed E-state index contributed by atoms with van der Waals surface area (Å²) in [7, 11) is -3.92. The van der Waals surface area contributed by atoms with Gasteiger partial charge in [-0.25, -0.2) is 4.98 Å². The van der Waals surface area contributed by atoms with E-state index in [1.165, 1.54) is 12.1 Å². The van der Waals surface area contributed by atoms with Gasteiger partial charge in [0.25, 0.3) is 10.0 Å². The van der Waals surface area contributed by atoms with Crippen molar-refractivity contribution in [2.24, 2.45) is 4.40 Å². The van der Waals surface area contributed by atoms with Gasteiger partial charge in [-0.15, -0.1) is 4.40 Å². The summed E-state index contributed by atoms with van der Waals surface area (Å²) < 4.78 is 32.9. The number of sulfonamides is 1. The van der Waals surface area contributed by atoms with Crippen molar-refractivity contribution in [2.75, 3.05) is 0 Å². The Balaban J connectivity index is 1.98. The number of fused-ring (bicyclic) bond motifs is 1. The van der Waals surface area contributed by atoms with Crippen LogP contribution in [0.15, 0.2) is 92.6 Å². The third kappa shape index (κ3) is 3.50. The number of rotatable bonds is 3. The molecule has 0 bridgehead atoms. The van der Waals surface area contributed by atoms with Gasteiger partial charge >= 0.3 is 0 Å². The number of hydrogen-bond acceptors (Lipinski definition) is 3. The van der Waals surface area contributed by atoms with E-state index in [1.54, 1.807) is 16.7 Å². The largest absolute Gasteiger partial charge is 0.284 e. The second-order valence-electron chi connectivity index (χ2n) is 6.19. The fraction of sp³-hybridized carbons (Fsp3) is 0.0476. The van der Waals surface area contributed by atoms with Crippen molar-refractivity contribution >= 4 is 42.8 Å². The average Bonchev–Trinajstić information content (AvgIpc) is 3.03. The van der Waals surface area contributed by atoms with Crippen LogP contribution in [0.1, 0.15) is 11.4 Å². The maximum atomic E-state index is 13.0. The first-order valence-electron chi connectivity index (χ1n) is 8.56. The van der Waals surface area contributed by atoms with Crippen molar-refractivity contribution in [3.63, 3.8) is 0 Å². The van der Waals surface area contributed by atoms with Gasteiger partial charge in [-0.2, -0.15) is 8.42 Å². The molecule has 4 aromatic rings. The highest BCUT2D eigenvalue weighted by Crippen LogP contribution is 2.22. The first-order chi connectivity index (χ1) is 13.5. The summed E-state index contributed by atoms with van der Waals surface area (Å²) >= 11 is 3.32. The lowest BCUT2D eigenvalue weighted by atomic mass is 10.2. The topological polar surface area (TPSA) is 64.3 Å². The van der Waals surface area contributed by atoms with E-state index >= 15 is 0 Å². The number of halogens is 1. The zero-order valence-corrected chi connectivity index (χ0v) is 17.4.